The number of carbonyl (C=O) groups excluding carboxylic acids is 1. The van der Waals surface area contributed by atoms with Crippen molar-refractivity contribution in [3.05, 3.63) is 71.8 Å². The van der Waals surface area contributed by atoms with Gasteiger partial charge in [-0.2, -0.15) is 5.10 Å². The van der Waals surface area contributed by atoms with Crippen LogP contribution < -0.4 is 14.4 Å². The van der Waals surface area contributed by atoms with Crippen LogP contribution in [-0.4, -0.2) is 28.8 Å². The first-order valence-corrected chi connectivity index (χ1v) is 8.98. The maximum absolute atomic E-state index is 13.7. The Labute approximate surface area is 162 Å². The fourth-order valence-corrected chi connectivity index (χ4v) is 3.35. The Kier molecular flexibility index (Phi) is 4.73. The normalized spacial score (nSPS) is 16.0. The Balaban J connectivity index is 1.58. The van der Waals surface area contributed by atoms with Crippen molar-refractivity contribution in [2.45, 2.75) is 26.1 Å². The molecule has 0 N–H and O–H groups in total. The van der Waals surface area contributed by atoms with E-state index in [0.717, 1.165) is 5.75 Å². The van der Waals surface area contributed by atoms with Crippen molar-refractivity contribution in [1.29, 1.82) is 0 Å². The molecule has 6 nitrogen and oxygen atoms in total. The Hall–Kier alpha value is -3.35. The van der Waals surface area contributed by atoms with E-state index < -0.39 is 5.82 Å². The third kappa shape index (κ3) is 3.31. The molecule has 2 aromatic carbocycles. The van der Waals surface area contributed by atoms with Crippen LogP contribution >= 0.6 is 0 Å². The molecular weight excluding hydrogens is 361 g/mol. The highest BCUT2D eigenvalue weighted by atomic mass is 19.1. The molecule has 1 amide bonds. The van der Waals surface area contributed by atoms with Gasteiger partial charge in [-0.3, -0.25) is 9.48 Å². The van der Waals surface area contributed by atoms with Crippen LogP contribution in [0.15, 0.2) is 54.6 Å². The summed E-state index contributed by atoms with van der Waals surface area (Å²) >= 11 is 0. The van der Waals surface area contributed by atoms with E-state index in [1.807, 2.05) is 37.3 Å². The molecule has 0 spiro atoms. The van der Waals surface area contributed by atoms with Crippen molar-refractivity contribution >= 4 is 11.6 Å². The van der Waals surface area contributed by atoms with E-state index in [9.17, 15) is 9.18 Å². The smallest absolute Gasteiger partial charge is 0.276 e. The molecule has 1 atom stereocenters. The van der Waals surface area contributed by atoms with Gasteiger partial charge in [-0.1, -0.05) is 18.2 Å². The minimum absolute atomic E-state index is 0.105. The average Bonchev–Trinajstić information content (AvgIpc) is 3.11. The van der Waals surface area contributed by atoms with Crippen molar-refractivity contribution < 1.29 is 18.7 Å². The molecule has 3 aromatic rings. The molecule has 0 aliphatic carbocycles. The van der Waals surface area contributed by atoms with Crippen LogP contribution in [0.1, 0.15) is 23.1 Å². The summed E-state index contributed by atoms with van der Waals surface area (Å²) in [4.78, 5) is 14.7. The van der Waals surface area contributed by atoms with Gasteiger partial charge in [-0.15, -0.1) is 0 Å². The molecule has 0 unspecified atom stereocenters. The van der Waals surface area contributed by atoms with Crippen LogP contribution in [0.4, 0.5) is 10.1 Å². The maximum atomic E-state index is 13.7. The van der Waals surface area contributed by atoms with E-state index in [0.29, 0.717) is 23.6 Å². The summed E-state index contributed by atoms with van der Waals surface area (Å²) in [5.41, 5.74) is 1.75. The zero-order chi connectivity index (χ0) is 19.7. The van der Waals surface area contributed by atoms with Crippen molar-refractivity contribution in [1.82, 2.24) is 9.78 Å². The molecule has 1 aliphatic heterocycles. The SMILES string of the molecule is COc1cc(N2C(=O)c3cc(COc4ccccc4)nn3C[C@H]2C)ccc1F. The third-order valence-electron chi connectivity index (χ3n) is 4.69. The molecule has 0 fully saturated rings. The number of rotatable bonds is 5. The Morgan fingerprint density at radius 3 is 2.71 bits per heavy atom. The highest BCUT2D eigenvalue weighted by Crippen LogP contribution is 2.30. The lowest BCUT2D eigenvalue weighted by atomic mass is 10.1. The van der Waals surface area contributed by atoms with Crippen LogP contribution in [0.5, 0.6) is 11.5 Å². The van der Waals surface area contributed by atoms with Crippen LogP contribution in [-0.2, 0) is 13.2 Å². The zero-order valence-corrected chi connectivity index (χ0v) is 15.6. The summed E-state index contributed by atoms with van der Waals surface area (Å²) in [6.07, 6.45) is 0. The number of anilines is 1. The maximum Gasteiger partial charge on any atom is 0.276 e. The predicted molar refractivity (Wildman–Crippen MR) is 102 cm³/mol. The fraction of sp³-hybridized carbons (Fsp3) is 0.238. The number of benzene rings is 2. The molecule has 28 heavy (non-hydrogen) atoms. The second kappa shape index (κ2) is 7.34. The van der Waals surface area contributed by atoms with Gasteiger partial charge in [0.25, 0.3) is 5.91 Å². The largest absolute Gasteiger partial charge is 0.494 e. The molecule has 0 radical (unpaired) electrons. The summed E-state index contributed by atoms with van der Waals surface area (Å²) in [7, 11) is 1.40. The van der Waals surface area contributed by atoms with Gasteiger partial charge in [-0.25, -0.2) is 4.39 Å². The lowest BCUT2D eigenvalue weighted by molar-refractivity contribution is 0.0947. The van der Waals surface area contributed by atoms with Gasteiger partial charge in [0.05, 0.1) is 19.7 Å². The molecule has 7 heteroatoms. The average molecular weight is 381 g/mol. The molecule has 144 valence electrons. The summed E-state index contributed by atoms with van der Waals surface area (Å²) in [6.45, 7) is 2.74. The van der Waals surface area contributed by atoms with E-state index in [4.69, 9.17) is 9.47 Å². The van der Waals surface area contributed by atoms with E-state index in [-0.39, 0.29) is 24.3 Å². The summed E-state index contributed by atoms with van der Waals surface area (Å²) in [5.74, 6) is 0.196. The van der Waals surface area contributed by atoms with Crippen molar-refractivity contribution in [3.8, 4) is 11.5 Å². The van der Waals surface area contributed by atoms with Crippen LogP contribution in [0.2, 0.25) is 0 Å². The number of hydrogen-bond donors (Lipinski definition) is 0. The monoisotopic (exact) mass is 381 g/mol. The Morgan fingerprint density at radius 1 is 1.18 bits per heavy atom. The third-order valence-corrected chi connectivity index (χ3v) is 4.69. The van der Waals surface area contributed by atoms with Crippen LogP contribution in [0.25, 0.3) is 0 Å². The first-order valence-electron chi connectivity index (χ1n) is 8.98. The highest BCUT2D eigenvalue weighted by molar-refractivity contribution is 6.06. The lowest BCUT2D eigenvalue weighted by Gasteiger charge is -2.33. The zero-order valence-electron chi connectivity index (χ0n) is 15.6. The number of para-hydroxylation sites is 1. The molecule has 0 bridgehead atoms. The minimum Gasteiger partial charge on any atom is -0.494 e. The van der Waals surface area contributed by atoms with Gasteiger partial charge in [0.15, 0.2) is 11.6 Å². The summed E-state index contributed by atoms with van der Waals surface area (Å²) in [6, 6.07) is 15.5. The molecule has 1 aliphatic rings. The van der Waals surface area contributed by atoms with Gasteiger partial charge in [0.1, 0.15) is 23.7 Å². The molecule has 4 rings (SSSR count). The number of carbonyl (C=O) groups is 1. The highest BCUT2D eigenvalue weighted by Gasteiger charge is 2.33. The van der Waals surface area contributed by atoms with E-state index in [2.05, 4.69) is 5.10 Å². The lowest BCUT2D eigenvalue weighted by Crippen LogP contribution is -2.46. The predicted octanol–water partition coefficient (Wildman–Crippen LogP) is 3.66. The molecule has 1 aromatic heterocycles. The van der Waals surface area contributed by atoms with E-state index >= 15 is 0 Å². The number of amides is 1. The molecule has 0 saturated heterocycles. The molecule has 0 saturated carbocycles. The van der Waals surface area contributed by atoms with Crippen LogP contribution in [0.3, 0.4) is 0 Å². The quantitative estimate of drug-likeness (QED) is 0.677. The van der Waals surface area contributed by atoms with Gasteiger partial charge in [0.2, 0.25) is 0 Å². The second-order valence-electron chi connectivity index (χ2n) is 6.65. The summed E-state index contributed by atoms with van der Waals surface area (Å²) < 4.78 is 26.2. The van der Waals surface area contributed by atoms with Gasteiger partial charge < -0.3 is 14.4 Å². The van der Waals surface area contributed by atoms with E-state index in [1.54, 1.807) is 21.7 Å². The molecule has 2 heterocycles. The minimum atomic E-state index is -0.464. The number of fused-ring (bicyclic) bond motifs is 1. The fourth-order valence-electron chi connectivity index (χ4n) is 3.35. The first kappa shape index (κ1) is 18.0. The van der Waals surface area contributed by atoms with Gasteiger partial charge in [-0.05, 0) is 37.3 Å². The standard InChI is InChI=1S/C21H20FN3O3/c1-14-12-24-19(10-15(23-24)13-28-17-6-4-3-5-7-17)21(26)25(14)16-8-9-18(22)20(11-16)27-2/h3-11,14H,12-13H2,1-2H3/t14-/m1/s1. The van der Waals surface area contributed by atoms with E-state index in [1.165, 1.54) is 19.2 Å². The topological polar surface area (TPSA) is 56.6 Å². The van der Waals surface area contributed by atoms with Crippen molar-refractivity contribution in [3.63, 3.8) is 0 Å². The second-order valence-corrected chi connectivity index (χ2v) is 6.65. The first-order chi connectivity index (χ1) is 13.6. The van der Waals surface area contributed by atoms with Crippen molar-refractivity contribution in [2.75, 3.05) is 12.0 Å². The number of aromatic nitrogens is 2. The Bertz CT molecular complexity index is 1000. The number of halogens is 1. The van der Waals surface area contributed by atoms with Gasteiger partial charge in [0, 0.05) is 11.8 Å². The Morgan fingerprint density at radius 2 is 1.96 bits per heavy atom. The van der Waals surface area contributed by atoms with Crippen molar-refractivity contribution in [2.24, 2.45) is 0 Å². The number of methoxy groups -OCH3 is 1. The number of hydrogen-bond acceptors (Lipinski definition) is 4. The number of ether oxygens (including phenoxy) is 2. The molecular formula is C21H20FN3O3. The van der Waals surface area contributed by atoms with Crippen LogP contribution in [0, 0.1) is 5.82 Å². The number of nitrogens with zero attached hydrogens (tertiary/aromatic N) is 3. The van der Waals surface area contributed by atoms with Gasteiger partial charge >= 0.3 is 0 Å². The summed E-state index contributed by atoms with van der Waals surface area (Å²) in [5, 5.41) is 4.50.